The molecule has 116 valence electrons. The fraction of sp³-hybridized carbons (Fsp3) is 0.857. The lowest BCUT2D eigenvalue weighted by Gasteiger charge is -2.39. The third kappa shape index (κ3) is 4.76. The minimum Gasteiger partial charge on any atom is -0.444 e. The molecule has 1 unspecified atom stereocenters. The van der Waals surface area contributed by atoms with Crippen molar-refractivity contribution in [2.24, 2.45) is 5.41 Å². The van der Waals surface area contributed by atoms with E-state index in [1.165, 1.54) is 7.11 Å². The lowest BCUT2D eigenvalue weighted by Crippen LogP contribution is -2.46. The molecule has 20 heavy (non-hydrogen) atoms. The van der Waals surface area contributed by atoms with E-state index in [4.69, 9.17) is 9.47 Å². The Morgan fingerprint density at radius 1 is 1.40 bits per heavy atom. The molecule has 0 aliphatic carbocycles. The Morgan fingerprint density at radius 2 is 1.95 bits per heavy atom. The number of hydrogen-bond acceptors (Lipinski definition) is 5. The van der Waals surface area contributed by atoms with Crippen LogP contribution < -0.4 is 0 Å². The summed E-state index contributed by atoms with van der Waals surface area (Å²) in [6.45, 7) is 6.35. The van der Waals surface area contributed by atoms with Gasteiger partial charge in [-0.15, -0.1) is 0 Å². The second-order valence-electron chi connectivity index (χ2n) is 6.34. The van der Waals surface area contributed by atoms with E-state index < -0.39 is 17.3 Å². The summed E-state index contributed by atoms with van der Waals surface area (Å²) in [4.78, 5) is 24.9. The summed E-state index contributed by atoms with van der Waals surface area (Å²) in [5.74, 6) is 0. The predicted octanol–water partition coefficient (Wildman–Crippen LogP) is 1.56. The largest absolute Gasteiger partial charge is 0.444 e. The van der Waals surface area contributed by atoms with Crippen LogP contribution in [-0.4, -0.2) is 54.5 Å². The fourth-order valence-electron chi connectivity index (χ4n) is 2.26. The molecule has 1 saturated heterocycles. The number of aldehydes is 1. The van der Waals surface area contributed by atoms with Gasteiger partial charge in [-0.2, -0.15) is 0 Å². The molecule has 1 heterocycles. The molecule has 0 aromatic rings. The van der Waals surface area contributed by atoms with Crippen molar-refractivity contribution in [2.45, 2.75) is 51.9 Å². The van der Waals surface area contributed by atoms with Gasteiger partial charge in [0, 0.05) is 32.0 Å². The zero-order valence-corrected chi connectivity index (χ0v) is 12.7. The highest BCUT2D eigenvalue weighted by molar-refractivity contribution is 5.69. The summed E-state index contributed by atoms with van der Waals surface area (Å²) in [6, 6.07) is 0. The maximum absolute atomic E-state index is 11.9. The molecule has 1 N–H and O–H groups in total. The standard InChI is InChI=1S/C14H25NO5/c1-13(2,3)20-12(18)15-7-5-14(10-16,6-8-15)9-11(17)19-4/h10-11,17H,5-9H2,1-4H3. The minimum atomic E-state index is -0.951. The van der Waals surface area contributed by atoms with Crippen LogP contribution in [0.5, 0.6) is 0 Å². The lowest BCUT2D eigenvalue weighted by molar-refractivity contribution is -0.134. The van der Waals surface area contributed by atoms with Crippen LogP contribution in [0, 0.1) is 5.41 Å². The molecule has 6 heteroatoms. The first-order valence-corrected chi connectivity index (χ1v) is 6.86. The van der Waals surface area contributed by atoms with Crippen molar-refractivity contribution >= 4 is 12.4 Å². The smallest absolute Gasteiger partial charge is 0.410 e. The van der Waals surface area contributed by atoms with E-state index in [1.54, 1.807) is 4.90 Å². The number of amides is 1. The Bertz CT molecular complexity index is 342. The fourth-order valence-corrected chi connectivity index (χ4v) is 2.26. The zero-order valence-electron chi connectivity index (χ0n) is 12.7. The molecule has 1 aliphatic heterocycles. The minimum absolute atomic E-state index is 0.259. The van der Waals surface area contributed by atoms with E-state index in [1.807, 2.05) is 20.8 Å². The number of aliphatic hydroxyl groups is 1. The lowest BCUT2D eigenvalue weighted by atomic mass is 9.77. The summed E-state index contributed by atoms with van der Waals surface area (Å²) < 4.78 is 10.1. The maximum Gasteiger partial charge on any atom is 0.410 e. The van der Waals surface area contributed by atoms with E-state index in [2.05, 4.69) is 0 Å². The van der Waals surface area contributed by atoms with Gasteiger partial charge in [0.1, 0.15) is 11.9 Å². The summed E-state index contributed by atoms with van der Waals surface area (Å²) in [6.07, 6.45) is 0.848. The van der Waals surface area contributed by atoms with E-state index in [0.717, 1.165) is 6.29 Å². The van der Waals surface area contributed by atoms with Crippen molar-refractivity contribution in [3.05, 3.63) is 0 Å². The number of carbonyl (C=O) groups excluding carboxylic acids is 2. The van der Waals surface area contributed by atoms with Crippen LogP contribution in [0.3, 0.4) is 0 Å². The molecule has 0 bridgehead atoms. The van der Waals surface area contributed by atoms with E-state index >= 15 is 0 Å². The Morgan fingerprint density at radius 3 is 2.35 bits per heavy atom. The first kappa shape index (κ1) is 16.9. The van der Waals surface area contributed by atoms with Crippen LogP contribution in [0.1, 0.15) is 40.0 Å². The van der Waals surface area contributed by atoms with Crippen molar-refractivity contribution in [1.82, 2.24) is 4.90 Å². The number of likely N-dealkylation sites (tertiary alicyclic amines) is 1. The van der Waals surface area contributed by atoms with Gasteiger partial charge in [-0.3, -0.25) is 0 Å². The zero-order chi connectivity index (χ0) is 15.4. The first-order chi connectivity index (χ1) is 9.21. The Labute approximate surface area is 120 Å². The second-order valence-corrected chi connectivity index (χ2v) is 6.34. The van der Waals surface area contributed by atoms with Crippen molar-refractivity contribution in [3.63, 3.8) is 0 Å². The summed E-state index contributed by atoms with van der Waals surface area (Å²) in [5.41, 5.74) is -1.14. The third-order valence-corrected chi connectivity index (χ3v) is 3.51. The van der Waals surface area contributed by atoms with Gasteiger partial charge < -0.3 is 24.3 Å². The van der Waals surface area contributed by atoms with Crippen LogP contribution in [0.2, 0.25) is 0 Å². The highest BCUT2D eigenvalue weighted by Gasteiger charge is 2.38. The maximum atomic E-state index is 11.9. The van der Waals surface area contributed by atoms with Crippen LogP contribution in [0.15, 0.2) is 0 Å². The molecule has 1 aliphatic rings. The number of hydrogen-bond donors (Lipinski definition) is 1. The number of nitrogens with zero attached hydrogens (tertiary/aromatic N) is 1. The van der Waals surface area contributed by atoms with Gasteiger partial charge in [-0.1, -0.05) is 0 Å². The molecular formula is C14H25NO5. The van der Waals surface area contributed by atoms with Gasteiger partial charge in [0.25, 0.3) is 0 Å². The Balaban J connectivity index is 2.57. The first-order valence-electron chi connectivity index (χ1n) is 6.86. The van der Waals surface area contributed by atoms with E-state index in [-0.39, 0.29) is 12.5 Å². The highest BCUT2D eigenvalue weighted by Crippen LogP contribution is 2.34. The van der Waals surface area contributed by atoms with Crippen molar-refractivity contribution in [2.75, 3.05) is 20.2 Å². The molecule has 0 saturated carbocycles. The monoisotopic (exact) mass is 287 g/mol. The number of carbonyl (C=O) groups is 2. The van der Waals surface area contributed by atoms with E-state index in [0.29, 0.717) is 25.9 Å². The van der Waals surface area contributed by atoms with Gasteiger partial charge >= 0.3 is 6.09 Å². The number of rotatable bonds is 4. The highest BCUT2D eigenvalue weighted by atomic mass is 16.6. The predicted molar refractivity (Wildman–Crippen MR) is 73.2 cm³/mol. The molecule has 1 amide bonds. The van der Waals surface area contributed by atoms with E-state index in [9.17, 15) is 14.7 Å². The average Bonchev–Trinajstić information content (AvgIpc) is 2.37. The molecule has 1 atom stereocenters. The van der Waals surface area contributed by atoms with Gasteiger partial charge in [-0.25, -0.2) is 4.79 Å². The number of piperidine rings is 1. The topological polar surface area (TPSA) is 76.1 Å². The van der Waals surface area contributed by atoms with Crippen LogP contribution in [0.25, 0.3) is 0 Å². The van der Waals surface area contributed by atoms with Gasteiger partial charge in [0.2, 0.25) is 0 Å². The number of aliphatic hydroxyl groups excluding tert-OH is 1. The average molecular weight is 287 g/mol. The van der Waals surface area contributed by atoms with Crippen LogP contribution in [-0.2, 0) is 14.3 Å². The normalized spacial score (nSPS) is 20.4. The Hall–Kier alpha value is -1.14. The van der Waals surface area contributed by atoms with Gasteiger partial charge in [0.05, 0.1) is 0 Å². The van der Waals surface area contributed by atoms with Crippen molar-refractivity contribution in [3.8, 4) is 0 Å². The van der Waals surface area contributed by atoms with Crippen LogP contribution in [0.4, 0.5) is 4.79 Å². The third-order valence-electron chi connectivity index (χ3n) is 3.51. The summed E-state index contributed by atoms with van der Waals surface area (Å²) in [5, 5.41) is 9.55. The number of methoxy groups -OCH3 is 1. The second kappa shape index (κ2) is 6.54. The van der Waals surface area contributed by atoms with Crippen molar-refractivity contribution in [1.29, 1.82) is 0 Å². The quantitative estimate of drug-likeness (QED) is 0.627. The van der Waals surface area contributed by atoms with Gasteiger partial charge in [0.15, 0.2) is 6.29 Å². The van der Waals surface area contributed by atoms with Crippen LogP contribution >= 0.6 is 0 Å². The molecule has 0 aromatic carbocycles. The SMILES string of the molecule is COC(O)CC1(C=O)CCN(C(=O)OC(C)(C)C)CC1. The number of ether oxygens (including phenoxy) is 2. The molecule has 0 radical (unpaired) electrons. The summed E-state index contributed by atoms with van der Waals surface area (Å²) in [7, 11) is 1.40. The Kier molecular flexibility index (Phi) is 5.53. The molecule has 6 nitrogen and oxygen atoms in total. The molecular weight excluding hydrogens is 262 g/mol. The molecule has 1 rings (SSSR count). The molecule has 0 spiro atoms. The van der Waals surface area contributed by atoms with Crippen molar-refractivity contribution < 1.29 is 24.2 Å². The molecule has 0 aromatic heterocycles. The summed E-state index contributed by atoms with van der Waals surface area (Å²) >= 11 is 0. The van der Waals surface area contributed by atoms with Gasteiger partial charge in [-0.05, 0) is 33.6 Å². The molecule has 1 fully saturated rings.